The predicted molar refractivity (Wildman–Crippen MR) is 85.7 cm³/mol. The SMILES string of the molecule is CCCOc1cccc2c1[nH]c(=S)n2-c1cn(C)nc1C. The second kappa shape index (κ2) is 5.37. The molecule has 110 valence electrons. The number of H-pyrrole nitrogens is 1. The summed E-state index contributed by atoms with van der Waals surface area (Å²) in [4.78, 5) is 3.26. The molecule has 3 aromatic rings. The summed E-state index contributed by atoms with van der Waals surface area (Å²) in [5.74, 6) is 0.834. The van der Waals surface area contributed by atoms with Crippen LogP contribution in [0.1, 0.15) is 19.0 Å². The number of aromatic nitrogens is 4. The molecular weight excluding hydrogens is 284 g/mol. The number of hydrogen-bond acceptors (Lipinski definition) is 3. The third kappa shape index (κ3) is 2.35. The van der Waals surface area contributed by atoms with Crippen molar-refractivity contribution in [2.75, 3.05) is 6.61 Å². The largest absolute Gasteiger partial charge is 0.491 e. The van der Waals surface area contributed by atoms with E-state index in [-0.39, 0.29) is 0 Å². The summed E-state index contributed by atoms with van der Waals surface area (Å²) in [5, 5.41) is 4.39. The van der Waals surface area contributed by atoms with E-state index in [0.717, 1.165) is 34.6 Å². The number of hydrogen-bond donors (Lipinski definition) is 1. The van der Waals surface area contributed by atoms with Gasteiger partial charge in [0.2, 0.25) is 0 Å². The fraction of sp³-hybridized carbons (Fsp3) is 0.333. The van der Waals surface area contributed by atoms with Crippen LogP contribution in [0.4, 0.5) is 0 Å². The highest BCUT2D eigenvalue weighted by Crippen LogP contribution is 2.28. The quantitative estimate of drug-likeness (QED) is 0.750. The van der Waals surface area contributed by atoms with Crippen molar-refractivity contribution in [3.05, 3.63) is 34.9 Å². The lowest BCUT2D eigenvalue weighted by atomic mass is 10.3. The Kier molecular flexibility index (Phi) is 3.55. The number of imidazole rings is 1. The molecule has 21 heavy (non-hydrogen) atoms. The van der Waals surface area contributed by atoms with Crippen LogP contribution in [-0.2, 0) is 7.05 Å². The second-order valence-corrected chi connectivity index (χ2v) is 5.42. The Labute approximate surface area is 128 Å². The maximum absolute atomic E-state index is 5.80. The molecule has 2 heterocycles. The molecule has 0 saturated heterocycles. The number of nitrogens with zero attached hydrogens (tertiary/aromatic N) is 3. The van der Waals surface area contributed by atoms with Gasteiger partial charge in [0.15, 0.2) is 4.77 Å². The van der Waals surface area contributed by atoms with Crippen LogP contribution in [0.15, 0.2) is 24.4 Å². The minimum absolute atomic E-state index is 0.647. The molecule has 0 fully saturated rings. The lowest BCUT2D eigenvalue weighted by Crippen LogP contribution is -1.96. The highest BCUT2D eigenvalue weighted by molar-refractivity contribution is 7.71. The van der Waals surface area contributed by atoms with Gasteiger partial charge in [-0.1, -0.05) is 13.0 Å². The first-order valence-corrected chi connectivity index (χ1v) is 7.39. The minimum atomic E-state index is 0.647. The van der Waals surface area contributed by atoms with E-state index < -0.39 is 0 Å². The van der Waals surface area contributed by atoms with E-state index in [1.165, 1.54) is 0 Å². The molecule has 0 amide bonds. The number of nitrogens with one attached hydrogen (secondary N) is 1. The maximum Gasteiger partial charge on any atom is 0.182 e. The van der Waals surface area contributed by atoms with E-state index in [2.05, 4.69) is 17.0 Å². The highest BCUT2D eigenvalue weighted by atomic mass is 32.1. The van der Waals surface area contributed by atoms with Gasteiger partial charge in [0.05, 0.1) is 23.5 Å². The molecule has 0 aliphatic heterocycles. The van der Waals surface area contributed by atoms with Gasteiger partial charge in [-0.3, -0.25) is 9.25 Å². The van der Waals surface area contributed by atoms with Gasteiger partial charge in [0, 0.05) is 13.2 Å². The lowest BCUT2D eigenvalue weighted by Gasteiger charge is -2.06. The molecule has 2 aromatic heterocycles. The van der Waals surface area contributed by atoms with Gasteiger partial charge in [-0.25, -0.2) is 0 Å². The molecule has 6 heteroatoms. The summed E-state index contributed by atoms with van der Waals surface area (Å²) in [6.07, 6.45) is 2.94. The van der Waals surface area contributed by atoms with Crippen LogP contribution in [-0.4, -0.2) is 25.9 Å². The van der Waals surface area contributed by atoms with E-state index in [9.17, 15) is 0 Å². The van der Waals surface area contributed by atoms with Crippen molar-refractivity contribution < 1.29 is 4.74 Å². The average molecular weight is 302 g/mol. The molecule has 0 unspecified atom stereocenters. The molecule has 5 nitrogen and oxygen atoms in total. The molecule has 0 aliphatic rings. The molecule has 0 saturated carbocycles. The first-order chi connectivity index (χ1) is 10.1. The summed E-state index contributed by atoms with van der Waals surface area (Å²) in [7, 11) is 1.91. The number of fused-ring (bicyclic) bond motifs is 1. The maximum atomic E-state index is 5.80. The second-order valence-electron chi connectivity index (χ2n) is 5.04. The zero-order chi connectivity index (χ0) is 15.0. The molecular formula is C15H18N4OS. The van der Waals surface area contributed by atoms with Gasteiger partial charge in [0.1, 0.15) is 11.3 Å². The van der Waals surface area contributed by atoms with E-state index >= 15 is 0 Å². The number of aromatic amines is 1. The van der Waals surface area contributed by atoms with Crippen LogP contribution in [0.5, 0.6) is 5.75 Å². The van der Waals surface area contributed by atoms with Crippen molar-refractivity contribution >= 4 is 23.3 Å². The molecule has 0 atom stereocenters. The third-order valence-corrected chi connectivity index (χ3v) is 3.65. The first kappa shape index (κ1) is 13.9. The van der Waals surface area contributed by atoms with Crippen LogP contribution in [0.3, 0.4) is 0 Å². The topological polar surface area (TPSA) is 47.8 Å². The minimum Gasteiger partial charge on any atom is -0.491 e. The zero-order valence-corrected chi connectivity index (χ0v) is 13.2. The van der Waals surface area contributed by atoms with Gasteiger partial charge in [-0.2, -0.15) is 5.10 Å². The molecule has 3 rings (SSSR count). The predicted octanol–water partition coefficient (Wildman–Crippen LogP) is 3.52. The number of para-hydroxylation sites is 1. The summed E-state index contributed by atoms with van der Waals surface area (Å²) in [6, 6.07) is 5.98. The van der Waals surface area contributed by atoms with Crippen molar-refractivity contribution in [2.45, 2.75) is 20.3 Å². The Hall–Kier alpha value is -2.08. The van der Waals surface area contributed by atoms with E-state index in [1.807, 2.05) is 42.9 Å². The van der Waals surface area contributed by atoms with E-state index in [1.54, 1.807) is 4.68 Å². The summed E-state index contributed by atoms with van der Waals surface area (Å²) in [6.45, 7) is 4.76. The molecule has 0 bridgehead atoms. The Morgan fingerprint density at radius 1 is 1.38 bits per heavy atom. The number of benzene rings is 1. The van der Waals surface area contributed by atoms with Crippen LogP contribution in [0, 0.1) is 11.7 Å². The number of aryl methyl sites for hydroxylation is 2. The number of rotatable bonds is 4. The number of ether oxygens (including phenoxy) is 1. The summed E-state index contributed by atoms with van der Waals surface area (Å²) >= 11 is 5.49. The van der Waals surface area contributed by atoms with E-state index in [4.69, 9.17) is 17.0 Å². The van der Waals surface area contributed by atoms with Crippen molar-refractivity contribution in [3.63, 3.8) is 0 Å². The molecule has 0 radical (unpaired) electrons. The van der Waals surface area contributed by atoms with Gasteiger partial charge < -0.3 is 9.72 Å². The van der Waals surface area contributed by atoms with Gasteiger partial charge >= 0.3 is 0 Å². The van der Waals surface area contributed by atoms with Crippen molar-refractivity contribution in [3.8, 4) is 11.4 Å². The van der Waals surface area contributed by atoms with Crippen LogP contribution < -0.4 is 4.74 Å². The van der Waals surface area contributed by atoms with Gasteiger partial charge in [-0.15, -0.1) is 0 Å². The van der Waals surface area contributed by atoms with Crippen LogP contribution in [0.2, 0.25) is 0 Å². The Balaban J connectivity index is 2.23. The fourth-order valence-electron chi connectivity index (χ4n) is 2.48. The standard InChI is InChI=1S/C15H18N4OS/c1-4-8-20-13-7-5-6-11-14(13)16-15(21)19(11)12-9-18(3)17-10(12)2/h5-7,9H,4,8H2,1-3H3,(H,16,21). The Morgan fingerprint density at radius 2 is 2.19 bits per heavy atom. The molecule has 0 aliphatic carbocycles. The molecule has 0 spiro atoms. The first-order valence-electron chi connectivity index (χ1n) is 6.99. The summed E-state index contributed by atoms with van der Waals surface area (Å²) < 4.78 is 10.2. The Morgan fingerprint density at radius 3 is 2.86 bits per heavy atom. The molecule has 1 aromatic carbocycles. The monoisotopic (exact) mass is 302 g/mol. The van der Waals surface area contributed by atoms with Crippen molar-refractivity contribution in [1.29, 1.82) is 0 Å². The zero-order valence-electron chi connectivity index (χ0n) is 12.4. The molecule has 1 N–H and O–H groups in total. The van der Waals surface area contributed by atoms with Gasteiger partial charge in [-0.05, 0) is 37.7 Å². The fourth-order valence-corrected chi connectivity index (χ4v) is 2.78. The summed E-state index contributed by atoms with van der Waals surface area (Å²) in [5.41, 5.74) is 3.86. The highest BCUT2D eigenvalue weighted by Gasteiger charge is 2.14. The Bertz CT molecular complexity index is 843. The van der Waals surface area contributed by atoms with Crippen LogP contribution in [0.25, 0.3) is 16.7 Å². The average Bonchev–Trinajstić information content (AvgIpc) is 2.95. The lowest BCUT2D eigenvalue weighted by molar-refractivity contribution is 0.320. The van der Waals surface area contributed by atoms with Crippen LogP contribution >= 0.6 is 12.2 Å². The van der Waals surface area contributed by atoms with E-state index in [0.29, 0.717) is 11.4 Å². The smallest absolute Gasteiger partial charge is 0.182 e. The normalized spacial score (nSPS) is 11.2. The third-order valence-electron chi connectivity index (χ3n) is 3.37. The van der Waals surface area contributed by atoms with Crippen molar-refractivity contribution in [2.24, 2.45) is 7.05 Å². The van der Waals surface area contributed by atoms with Crippen molar-refractivity contribution in [1.82, 2.24) is 19.3 Å². The van der Waals surface area contributed by atoms with Gasteiger partial charge in [0.25, 0.3) is 0 Å².